The monoisotopic (exact) mass is 166 g/mol. The number of halogens is 1. The molecule has 0 aliphatic carbocycles. The van der Waals surface area contributed by atoms with Crippen molar-refractivity contribution in [3.63, 3.8) is 0 Å². The topological polar surface area (TPSA) is 41.6 Å². The van der Waals surface area contributed by atoms with Crippen LogP contribution in [0.2, 0.25) is 0 Å². The van der Waals surface area contributed by atoms with Gasteiger partial charge in [-0.25, -0.2) is 5.48 Å². The molecule has 0 bridgehead atoms. The summed E-state index contributed by atoms with van der Waals surface area (Å²) in [6.45, 7) is 2.73. The lowest BCUT2D eigenvalue weighted by molar-refractivity contribution is -0.118. The number of hydrogen-bond acceptors (Lipinski definition) is 3. The van der Waals surface area contributed by atoms with E-state index < -0.39 is 0 Å². The number of nitrogens with one attached hydrogen (secondary N) is 1. The fourth-order valence-electron chi connectivity index (χ4n) is 0.714. The van der Waals surface area contributed by atoms with E-state index in [1.54, 1.807) is 4.90 Å². The van der Waals surface area contributed by atoms with Gasteiger partial charge in [0.05, 0.1) is 6.61 Å². The zero-order valence-corrected chi connectivity index (χ0v) is 6.39. The first-order valence-electron chi connectivity index (χ1n) is 2.97. The molecule has 0 radical (unpaired) electrons. The van der Waals surface area contributed by atoms with Gasteiger partial charge < -0.3 is 4.90 Å². The summed E-state index contributed by atoms with van der Waals surface area (Å²) in [5, 5.41) is 0. The molecule has 5 heteroatoms. The third-order valence-electron chi connectivity index (χ3n) is 1.23. The summed E-state index contributed by atoms with van der Waals surface area (Å²) >= 11 is 0. The molecular formula is C5H11ClN2O2. The smallest absolute Gasteiger partial charge is 0.209 e. The van der Waals surface area contributed by atoms with Gasteiger partial charge in [-0.1, -0.05) is 0 Å². The zero-order valence-electron chi connectivity index (χ0n) is 5.58. The van der Waals surface area contributed by atoms with E-state index in [0.717, 1.165) is 19.5 Å². The molecule has 0 spiro atoms. The SMILES string of the molecule is Cl.O=CN1CCNOCC1. The molecule has 0 aromatic rings. The third-order valence-corrected chi connectivity index (χ3v) is 1.23. The lowest BCUT2D eigenvalue weighted by Crippen LogP contribution is -2.26. The molecule has 1 N–H and O–H groups in total. The summed E-state index contributed by atoms with van der Waals surface area (Å²) in [5.74, 6) is 0. The van der Waals surface area contributed by atoms with Gasteiger partial charge in [-0.2, -0.15) is 0 Å². The normalized spacial score (nSPS) is 19.0. The van der Waals surface area contributed by atoms with Crippen molar-refractivity contribution in [3.05, 3.63) is 0 Å². The minimum Gasteiger partial charge on any atom is -0.342 e. The first-order valence-corrected chi connectivity index (χ1v) is 2.97. The Morgan fingerprint density at radius 3 is 3.00 bits per heavy atom. The molecule has 1 amide bonds. The Labute approximate surface area is 65.9 Å². The second kappa shape index (κ2) is 5.46. The van der Waals surface area contributed by atoms with E-state index >= 15 is 0 Å². The average molecular weight is 167 g/mol. The molecule has 1 fully saturated rings. The Morgan fingerprint density at radius 1 is 1.50 bits per heavy atom. The molecule has 1 aliphatic rings. The highest BCUT2D eigenvalue weighted by molar-refractivity contribution is 5.85. The van der Waals surface area contributed by atoms with E-state index in [1.165, 1.54) is 0 Å². The van der Waals surface area contributed by atoms with E-state index in [2.05, 4.69) is 5.48 Å². The fraction of sp³-hybridized carbons (Fsp3) is 0.800. The lowest BCUT2D eigenvalue weighted by Gasteiger charge is -2.10. The molecule has 0 unspecified atom stereocenters. The van der Waals surface area contributed by atoms with E-state index in [4.69, 9.17) is 4.84 Å². The van der Waals surface area contributed by atoms with Crippen LogP contribution in [0.15, 0.2) is 0 Å². The van der Waals surface area contributed by atoms with Crippen LogP contribution in [0.1, 0.15) is 0 Å². The number of carbonyl (C=O) groups excluding carboxylic acids is 1. The van der Waals surface area contributed by atoms with Crippen molar-refractivity contribution < 1.29 is 9.63 Å². The van der Waals surface area contributed by atoms with Crippen LogP contribution >= 0.6 is 12.4 Å². The van der Waals surface area contributed by atoms with Crippen molar-refractivity contribution in [1.82, 2.24) is 10.4 Å². The van der Waals surface area contributed by atoms with Crippen molar-refractivity contribution in [2.45, 2.75) is 0 Å². The summed E-state index contributed by atoms with van der Waals surface area (Å²) in [6.07, 6.45) is 0.844. The number of carbonyl (C=O) groups is 1. The van der Waals surface area contributed by atoms with E-state index in [0.29, 0.717) is 13.2 Å². The molecule has 0 aromatic carbocycles. The van der Waals surface area contributed by atoms with Crippen LogP contribution in [-0.4, -0.2) is 37.6 Å². The van der Waals surface area contributed by atoms with Gasteiger partial charge in [0.25, 0.3) is 0 Å². The van der Waals surface area contributed by atoms with Gasteiger partial charge in [0, 0.05) is 19.6 Å². The molecule has 1 aliphatic heterocycles. The summed E-state index contributed by atoms with van der Waals surface area (Å²) in [6, 6.07) is 0. The molecular weight excluding hydrogens is 156 g/mol. The zero-order chi connectivity index (χ0) is 6.53. The third kappa shape index (κ3) is 3.00. The lowest BCUT2D eigenvalue weighted by atomic mass is 10.5. The Balaban J connectivity index is 0.000000810. The molecule has 4 nitrogen and oxygen atoms in total. The minimum atomic E-state index is 0. The second-order valence-electron chi connectivity index (χ2n) is 1.88. The molecule has 1 rings (SSSR count). The van der Waals surface area contributed by atoms with E-state index in [9.17, 15) is 4.79 Å². The van der Waals surface area contributed by atoms with E-state index in [1.807, 2.05) is 0 Å². The van der Waals surface area contributed by atoms with Crippen LogP contribution in [0.25, 0.3) is 0 Å². The van der Waals surface area contributed by atoms with Crippen LogP contribution in [0.5, 0.6) is 0 Å². The first-order chi connectivity index (χ1) is 4.43. The van der Waals surface area contributed by atoms with Gasteiger partial charge >= 0.3 is 0 Å². The number of nitrogens with zero attached hydrogens (tertiary/aromatic N) is 1. The summed E-state index contributed by atoms with van der Waals surface area (Å²) in [7, 11) is 0. The van der Waals surface area contributed by atoms with Crippen molar-refractivity contribution in [1.29, 1.82) is 0 Å². The summed E-state index contributed by atoms with van der Waals surface area (Å²) in [4.78, 5) is 16.7. The molecule has 1 heterocycles. The minimum absolute atomic E-state index is 0. The summed E-state index contributed by atoms with van der Waals surface area (Å²) in [5.41, 5.74) is 2.71. The molecule has 10 heavy (non-hydrogen) atoms. The van der Waals surface area contributed by atoms with Gasteiger partial charge in [0.15, 0.2) is 0 Å². The number of hydroxylamine groups is 1. The Morgan fingerprint density at radius 2 is 2.30 bits per heavy atom. The molecule has 0 saturated carbocycles. The van der Waals surface area contributed by atoms with Crippen molar-refractivity contribution >= 4 is 18.8 Å². The highest BCUT2D eigenvalue weighted by Gasteiger charge is 2.03. The molecule has 60 valence electrons. The van der Waals surface area contributed by atoms with Crippen LogP contribution in [0.3, 0.4) is 0 Å². The molecule has 1 saturated heterocycles. The van der Waals surface area contributed by atoms with Crippen LogP contribution in [0.4, 0.5) is 0 Å². The number of rotatable bonds is 1. The Bertz CT molecular complexity index is 93.6. The number of amides is 1. The van der Waals surface area contributed by atoms with Gasteiger partial charge in [-0.15, -0.1) is 12.4 Å². The maximum Gasteiger partial charge on any atom is 0.209 e. The largest absolute Gasteiger partial charge is 0.342 e. The Hall–Kier alpha value is -0.320. The predicted octanol–water partition coefficient (Wildman–Crippen LogP) is -0.599. The average Bonchev–Trinajstić information content (AvgIpc) is 2.13. The van der Waals surface area contributed by atoms with Gasteiger partial charge in [-0.05, 0) is 0 Å². The standard InChI is InChI=1S/C5H10N2O2.ClH/c8-5-7-2-1-6-9-4-3-7;/h5-6H,1-4H2;1H. The van der Waals surface area contributed by atoms with Crippen molar-refractivity contribution in [2.24, 2.45) is 0 Å². The van der Waals surface area contributed by atoms with Crippen LogP contribution in [0, 0.1) is 0 Å². The quantitative estimate of drug-likeness (QED) is 0.529. The van der Waals surface area contributed by atoms with E-state index in [-0.39, 0.29) is 12.4 Å². The molecule has 0 aromatic heterocycles. The van der Waals surface area contributed by atoms with Gasteiger partial charge in [0.2, 0.25) is 6.41 Å². The fourth-order valence-corrected chi connectivity index (χ4v) is 0.714. The molecule has 0 atom stereocenters. The number of hydrogen-bond donors (Lipinski definition) is 1. The van der Waals surface area contributed by atoms with Crippen molar-refractivity contribution in [3.8, 4) is 0 Å². The highest BCUT2D eigenvalue weighted by Crippen LogP contribution is 1.85. The van der Waals surface area contributed by atoms with Crippen molar-refractivity contribution in [2.75, 3.05) is 26.2 Å². The maximum atomic E-state index is 10.2. The second-order valence-corrected chi connectivity index (χ2v) is 1.88. The van der Waals surface area contributed by atoms with Gasteiger partial charge in [-0.3, -0.25) is 9.63 Å². The first kappa shape index (κ1) is 9.68. The Kier molecular flexibility index (Phi) is 5.29. The maximum absolute atomic E-state index is 10.2. The highest BCUT2D eigenvalue weighted by atomic mass is 35.5. The van der Waals surface area contributed by atoms with Crippen LogP contribution < -0.4 is 5.48 Å². The summed E-state index contributed by atoms with van der Waals surface area (Å²) < 4.78 is 0. The van der Waals surface area contributed by atoms with Crippen LogP contribution in [-0.2, 0) is 9.63 Å². The van der Waals surface area contributed by atoms with Gasteiger partial charge in [0.1, 0.15) is 0 Å². The predicted molar refractivity (Wildman–Crippen MR) is 38.8 cm³/mol.